The summed E-state index contributed by atoms with van der Waals surface area (Å²) < 4.78 is 21.8. The fourth-order valence-electron chi connectivity index (χ4n) is 5.20. The molecule has 2 fully saturated rings. The van der Waals surface area contributed by atoms with Crippen LogP contribution >= 0.6 is 0 Å². The smallest absolute Gasteiger partial charge is 0.337 e. The molecule has 8 heteroatoms. The van der Waals surface area contributed by atoms with Crippen LogP contribution in [0.2, 0.25) is 0 Å². The summed E-state index contributed by atoms with van der Waals surface area (Å²) in [7, 11) is 1.35. The standard InChI is InChI=1S/C25H33NO7/c1-30-25(29)18-6-4-17(5-7-18)20-14-22(33-23(15-20)32-11-10-31-9-8-27)24(28)26-21-13-16-2-3-19(21)12-16/h4-7,14,16,19-21,23,27H,2-3,8-13,15H2,1H3,(H,26,28)/t16?,19?,20-,21?,23+/m1/s1. The molecule has 2 aliphatic carbocycles. The van der Waals surface area contributed by atoms with E-state index >= 15 is 0 Å². The summed E-state index contributed by atoms with van der Waals surface area (Å²) in [4.78, 5) is 24.8. The maximum Gasteiger partial charge on any atom is 0.337 e. The summed E-state index contributed by atoms with van der Waals surface area (Å²) in [6, 6.07) is 7.39. The zero-order valence-electron chi connectivity index (χ0n) is 19.0. The number of carbonyl (C=O) groups is 2. The Kier molecular flexibility index (Phi) is 8.01. The van der Waals surface area contributed by atoms with Gasteiger partial charge in [-0.1, -0.05) is 18.6 Å². The molecule has 180 valence electrons. The van der Waals surface area contributed by atoms with Crippen molar-refractivity contribution in [3.05, 3.63) is 47.2 Å². The molecule has 0 saturated heterocycles. The van der Waals surface area contributed by atoms with Gasteiger partial charge in [-0.15, -0.1) is 0 Å². The highest BCUT2D eigenvalue weighted by molar-refractivity contribution is 5.92. The monoisotopic (exact) mass is 459 g/mol. The normalized spacial score (nSPS) is 28.2. The van der Waals surface area contributed by atoms with Gasteiger partial charge in [-0.2, -0.15) is 0 Å². The number of ether oxygens (including phenoxy) is 4. The molecule has 8 nitrogen and oxygen atoms in total. The molecule has 1 aromatic rings. The third kappa shape index (κ3) is 5.93. The number of esters is 1. The number of aliphatic hydroxyl groups excluding tert-OH is 1. The molecule has 0 radical (unpaired) electrons. The molecule has 3 unspecified atom stereocenters. The number of allylic oxidation sites excluding steroid dienone is 1. The molecule has 1 aliphatic heterocycles. The summed E-state index contributed by atoms with van der Waals surface area (Å²) in [6.45, 7) is 0.829. The van der Waals surface area contributed by atoms with Gasteiger partial charge in [-0.05, 0) is 54.9 Å². The van der Waals surface area contributed by atoms with Crippen LogP contribution in [0.1, 0.15) is 53.9 Å². The zero-order valence-corrected chi connectivity index (χ0v) is 19.0. The Labute approximate surface area is 194 Å². The first kappa shape index (κ1) is 23.7. The quantitative estimate of drug-likeness (QED) is 0.409. The molecule has 1 heterocycles. The van der Waals surface area contributed by atoms with E-state index in [2.05, 4.69) is 5.32 Å². The molecule has 2 N–H and O–H groups in total. The lowest BCUT2D eigenvalue weighted by Crippen LogP contribution is -2.41. The van der Waals surface area contributed by atoms with Crippen molar-refractivity contribution in [2.45, 2.75) is 50.4 Å². The molecule has 0 aromatic heterocycles. The average molecular weight is 460 g/mol. The number of carbonyl (C=O) groups excluding carboxylic acids is 2. The lowest BCUT2D eigenvalue weighted by atomic mass is 9.92. The van der Waals surface area contributed by atoms with Crippen molar-refractivity contribution in [2.24, 2.45) is 11.8 Å². The Bertz CT molecular complexity index is 853. The van der Waals surface area contributed by atoms with Crippen molar-refractivity contribution in [3.63, 3.8) is 0 Å². The fraction of sp³-hybridized carbons (Fsp3) is 0.600. The van der Waals surface area contributed by atoms with Gasteiger partial charge in [-0.25, -0.2) is 4.79 Å². The van der Waals surface area contributed by atoms with Crippen LogP contribution in [0.15, 0.2) is 36.1 Å². The maximum absolute atomic E-state index is 13.1. The van der Waals surface area contributed by atoms with Crippen molar-refractivity contribution >= 4 is 11.9 Å². The van der Waals surface area contributed by atoms with Crippen LogP contribution in [-0.2, 0) is 23.7 Å². The lowest BCUT2D eigenvalue weighted by Gasteiger charge is -2.30. The van der Waals surface area contributed by atoms with Crippen molar-refractivity contribution in [2.75, 3.05) is 33.5 Å². The summed E-state index contributed by atoms with van der Waals surface area (Å²) in [5.41, 5.74) is 1.43. The van der Waals surface area contributed by atoms with Crippen LogP contribution in [0.3, 0.4) is 0 Å². The Hall–Kier alpha value is -2.42. The minimum absolute atomic E-state index is 0.0420. The Morgan fingerprint density at radius 2 is 1.91 bits per heavy atom. The van der Waals surface area contributed by atoms with Crippen LogP contribution in [0.5, 0.6) is 0 Å². The zero-order chi connectivity index (χ0) is 23.2. The Morgan fingerprint density at radius 1 is 1.09 bits per heavy atom. The minimum Gasteiger partial charge on any atom is -0.465 e. The van der Waals surface area contributed by atoms with Crippen LogP contribution in [-0.4, -0.2) is 62.9 Å². The summed E-state index contributed by atoms with van der Waals surface area (Å²) in [5, 5.41) is 12.0. The molecule has 1 amide bonds. The largest absolute Gasteiger partial charge is 0.465 e. The Morgan fingerprint density at radius 3 is 2.58 bits per heavy atom. The van der Waals surface area contributed by atoms with Crippen LogP contribution in [0.4, 0.5) is 0 Å². The molecule has 4 rings (SSSR count). The number of rotatable bonds is 10. The van der Waals surface area contributed by atoms with Crippen molar-refractivity contribution in [1.82, 2.24) is 5.32 Å². The predicted octanol–water partition coefficient (Wildman–Crippen LogP) is 2.52. The second-order valence-electron chi connectivity index (χ2n) is 9.00. The molecule has 5 atom stereocenters. The molecule has 3 aliphatic rings. The van der Waals surface area contributed by atoms with Gasteiger partial charge in [0.2, 0.25) is 6.29 Å². The van der Waals surface area contributed by atoms with E-state index in [0.717, 1.165) is 17.9 Å². The first-order valence-corrected chi connectivity index (χ1v) is 11.7. The number of fused-ring (bicyclic) bond motifs is 2. The summed E-state index contributed by atoms with van der Waals surface area (Å²) >= 11 is 0. The van der Waals surface area contributed by atoms with Gasteiger partial charge in [0, 0.05) is 18.4 Å². The summed E-state index contributed by atoms with van der Waals surface area (Å²) in [6.07, 6.45) is 6.49. The number of hydrogen-bond donors (Lipinski definition) is 2. The first-order chi connectivity index (χ1) is 16.1. The second-order valence-corrected chi connectivity index (χ2v) is 9.00. The van der Waals surface area contributed by atoms with Crippen molar-refractivity contribution < 1.29 is 33.6 Å². The van der Waals surface area contributed by atoms with E-state index in [0.29, 0.717) is 31.1 Å². The van der Waals surface area contributed by atoms with Gasteiger partial charge in [0.25, 0.3) is 5.91 Å². The fourth-order valence-corrected chi connectivity index (χ4v) is 5.20. The highest BCUT2D eigenvalue weighted by Crippen LogP contribution is 2.44. The van der Waals surface area contributed by atoms with E-state index in [1.165, 1.54) is 26.4 Å². The number of hydrogen-bond acceptors (Lipinski definition) is 7. The average Bonchev–Trinajstić information content (AvgIpc) is 3.47. The first-order valence-electron chi connectivity index (χ1n) is 11.7. The van der Waals surface area contributed by atoms with Gasteiger partial charge in [0.1, 0.15) is 0 Å². The number of methoxy groups -OCH3 is 1. The third-order valence-electron chi connectivity index (χ3n) is 6.86. The van der Waals surface area contributed by atoms with E-state index in [9.17, 15) is 9.59 Å². The molecular weight excluding hydrogens is 426 g/mol. The van der Waals surface area contributed by atoms with Crippen molar-refractivity contribution in [3.8, 4) is 0 Å². The van der Waals surface area contributed by atoms with E-state index in [1.54, 1.807) is 12.1 Å². The van der Waals surface area contributed by atoms with Gasteiger partial charge < -0.3 is 29.4 Å². The van der Waals surface area contributed by atoms with E-state index in [-0.39, 0.29) is 42.8 Å². The molecular formula is C25H33NO7. The minimum atomic E-state index is -0.598. The van der Waals surface area contributed by atoms with E-state index in [4.69, 9.17) is 24.1 Å². The summed E-state index contributed by atoms with van der Waals surface area (Å²) in [5.74, 6) is 0.882. The van der Waals surface area contributed by atoms with Crippen LogP contribution in [0, 0.1) is 11.8 Å². The van der Waals surface area contributed by atoms with Crippen LogP contribution in [0.25, 0.3) is 0 Å². The van der Waals surface area contributed by atoms with Gasteiger partial charge >= 0.3 is 5.97 Å². The highest BCUT2D eigenvalue weighted by Gasteiger charge is 2.41. The van der Waals surface area contributed by atoms with E-state index < -0.39 is 6.29 Å². The topological polar surface area (TPSA) is 103 Å². The number of nitrogens with one attached hydrogen (secondary N) is 1. The number of amides is 1. The Balaban J connectivity index is 1.44. The number of aliphatic hydroxyl groups is 1. The van der Waals surface area contributed by atoms with Crippen LogP contribution < -0.4 is 5.32 Å². The van der Waals surface area contributed by atoms with Gasteiger partial charge in [0.15, 0.2) is 5.76 Å². The highest BCUT2D eigenvalue weighted by atomic mass is 16.7. The molecule has 33 heavy (non-hydrogen) atoms. The molecule has 0 spiro atoms. The molecule has 1 aromatic carbocycles. The third-order valence-corrected chi connectivity index (χ3v) is 6.86. The van der Waals surface area contributed by atoms with Gasteiger partial charge in [0.05, 0.1) is 39.1 Å². The number of benzene rings is 1. The molecule has 2 saturated carbocycles. The predicted molar refractivity (Wildman–Crippen MR) is 119 cm³/mol. The molecule has 2 bridgehead atoms. The van der Waals surface area contributed by atoms with Gasteiger partial charge in [-0.3, -0.25) is 4.79 Å². The van der Waals surface area contributed by atoms with Crippen molar-refractivity contribution in [1.29, 1.82) is 0 Å². The second kappa shape index (κ2) is 11.1. The van der Waals surface area contributed by atoms with E-state index in [1.807, 2.05) is 18.2 Å². The maximum atomic E-state index is 13.1. The lowest BCUT2D eigenvalue weighted by molar-refractivity contribution is -0.151. The SMILES string of the molecule is COC(=O)c1ccc([C@@H]2C=C(C(=O)NC3CC4CCC3C4)O[C@H](OCCOCCO)C2)cc1.